The lowest BCUT2D eigenvalue weighted by atomic mass is 10.1. The molecule has 0 amide bonds. The van der Waals surface area contributed by atoms with Crippen LogP contribution in [0.2, 0.25) is 0 Å². The third-order valence-electron chi connectivity index (χ3n) is 3.56. The van der Waals surface area contributed by atoms with Gasteiger partial charge in [-0.3, -0.25) is 4.79 Å². The van der Waals surface area contributed by atoms with Gasteiger partial charge >= 0.3 is 5.97 Å². The van der Waals surface area contributed by atoms with E-state index in [9.17, 15) is 9.59 Å². The second-order valence-electron chi connectivity index (χ2n) is 5.11. The molecule has 0 saturated carbocycles. The van der Waals surface area contributed by atoms with Crippen LogP contribution < -0.4 is 10.2 Å². The molecule has 24 heavy (non-hydrogen) atoms. The summed E-state index contributed by atoms with van der Waals surface area (Å²) in [5, 5.41) is 9.34. The van der Waals surface area contributed by atoms with Crippen molar-refractivity contribution in [1.29, 1.82) is 0 Å². The fourth-order valence-corrected chi connectivity index (χ4v) is 2.33. The average molecular weight is 322 g/mol. The Kier molecular flexibility index (Phi) is 4.16. The van der Waals surface area contributed by atoms with Crippen LogP contribution >= 0.6 is 0 Å². The van der Waals surface area contributed by atoms with Crippen LogP contribution in [0.5, 0.6) is 5.75 Å². The highest BCUT2D eigenvalue weighted by Gasteiger charge is 2.08. The minimum absolute atomic E-state index is 0.156. The zero-order valence-electron chi connectivity index (χ0n) is 12.9. The zero-order valence-corrected chi connectivity index (χ0v) is 12.9. The second-order valence-corrected chi connectivity index (χ2v) is 5.11. The monoisotopic (exact) mass is 322 g/mol. The van der Waals surface area contributed by atoms with E-state index in [-0.39, 0.29) is 11.0 Å². The topological polar surface area (TPSA) is 76.7 Å². The van der Waals surface area contributed by atoms with E-state index in [1.165, 1.54) is 25.3 Å². The lowest BCUT2D eigenvalue weighted by Crippen LogP contribution is -2.01. The van der Waals surface area contributed by atoms with Crippen molar-refractivity contribution in [2.24, 2.45) is 0 Å². The Hall–Kier alpha value is -3.34. The largest absolute Gasteiger partial charge is 0.493 e. The maximum atomic E-state index is 12.2. The summed E-state index contributed by atoms with van der Waals surface area (Å²) in [6.45, 7) is 0. The first-order valence-electron chi connectivity index (χ1n) is 7.21. The van der Waals surface area contributed by atoms with Crippen LogP contribution in [-0.4, -0.2) is 18.2 Å². The summed E-state index contributed by atoms with van der Waals surface area (Å²) in [4.78, 5) is 23.0. The molecule has 0 saturated heterocycles. The molecule has 3 rings (SSSR count). The molecule has 0 bridgehead atoms. The van der Waals surface area contributed by atoms with Gasteiger partial charge in [0.25, 0.3) is 0 Å². The maximum Gasteiger partial charge on any atom is 0.335 e. The molecule has 0 aliphatic carbocycles. The molecular weight excluding hydrogens is 308 g/mol. The molecule has 1 heterocycles. The van der Waals surface area contributed by atoms with Gasteiger partial charge in [0.15, 0.2) is 16.8 Å². The highest BCUT2D eigenvalue weighted by molar-refractivity contribution is 5.88. The van der Waals surface area contributed by atoms with E-state index in [4.69, 9.17) is 14.3 Å². The summed E-state index contributed by atoms with van der Waals surface area (Å²) in [5.74, 6) is -0.0943. The van der Waals surface area contributed by atoms with Crippen LogP contribution in [0.4, 0.5) is 0 Å². The molecule has 2 aromatic carbocycles. The van der Waals surface area contributed by atoms with Gasteiger partial charge in [-0.05, 0) is 35.9 Å². The molecule has 1 aromatic heterocycles. The number of ether oxygens (including phenoxy) is 1. The number of methoxy groups -OCH3 is 1. The molecule has 5 heteroatoms. The van der Waals surface area contributed by atoms with E-state index in [1.807, 2.05) is 0 Å². The Balaban J connectivity index is 1.97. The average Bonchev–Trinajstić information content (AvgIpc) is 2.60. The number of hydrogen-bond acceptors (Lipinski definition) is 4. The van der Waals surface area contributed by atoms with Gasteiger partial charge in [-0.2, -0.15) is 0 Å². The Morgan fingerprint density at radius 2 is 1.88 bits per heavy atom. The van der Waals surface area contributed by atoms with Crippen molar-refractivity contribution in [2.45, 2.75) is 0 Å². The Labute approximate surface area is 137 Å². The van der Waals surface area contributed by atoms with E-state index in [2.05, 4.69) is 0 Å². The summed E-state index contributed by atoms with van der Waals surface area (Å²) in [5.41, 5.74) is 1.25. The van der Waals surface area contributed by atoms with Gasteiger partial charge in [-0.15, -0.1) is 0 Å². The van der Waals surface area contributed by atoms with Gasteiger partial charge in [0.2, 0.25) is 0 Å². The number of para-hydroxylation sites is 1. The molecule has 1 N–H and O–H groups in total. The van der Waals surface area contributed by atoms with Crippen molar-refractivity contribution in [1.82, 2.24) is 0 Å². The molecule has 0 aliphatic rings. The predicted molar refractivity (Wildman–Crippen MR) is 91.4 cm³/mol. The zero-order chi connectivity index (χ0) is 17.1. The minimum atomic E-state index is -0.974. The first-order valence-corrected chi connectivity index (χ1v) is 7.21. The minimum Gasteiger partial charge on any atom is -0.493 e. The van der Waals surface area contributed by atoms with Crippen molar-refractivity contribution in [3.63, 3.8) is 0 Å². The number of rotatable bonds is 4. The van der Waals surface area contributed by atoms with Crippen LogP contribution in [0.25, 0.3) is 23.1 Å². The van der Waals surface area contributed by atoms with Crippen LogP contribution in [0.15, 0.2) is 57.7 Å². The molecule has 0 atom stereocenters. The molecule has 0 radical (unpaired) electrons. The molecule has 120 valence electrons. The van der Waals surface area contributed by atoms with Gasteiger partial charge in [0, 0.05) is 6.07 Å². The smallest absolute Gasteiger partial charge is 0.335 e. The van der Waals surface area contributed by atoms with Crippen LogP contribution in [0.3, 0.4) is 0 Å². The molecule has 5 nitrogen and oxygen atoms in total. The van der Waals surface area contributed by atoms with Gasteiger partial charge < -0.3 is 14.3 Å². The number of carboxylic acid groups (broad SMARTS) is 1. The summed E-state index contributed by atoms with van der Waals surface area (Å²) >= 11 is 0. The van der Waals surface area contributed by atoms with Crippen molar-refractivity contribution >= 4 is 29.1 Å². The highest BCUT2D eigenvalue weighted by Crippen LogP contribution is 2.24. The van der Waals surface area contributed by atoms with Crippen molar-refractivity contribution in [2.75, 3.05) is 7.11 Å². The fraction of sp³-hybridized carbons (Fsp3) is 0.0526. The Bertz CT molecular complexity index is 981. The summed E-state index contributed by atoms with van der Waals surface area (Å²) < 4.78 is 11.0. The molecule has 0 spiro atoms. The van der Waals surface area contributed by atoms with Gasteiger partial charge in [-0.25, -0.2) is 4.79 Å². The van der Waals surface area contributed by atoms with E-state index >= 15 is 0 Å². The van der Waals surface area contributed by atoms with Crippen LogP contribution in [-0.2, 0) is 0 Å². The SMILES string of the molecule is COc1cccc2c(=O)cc(C=Cc3ccc(C(=O)O)cc3)oc12. The third kappa shape index (κ3) is 3.05. The fourth-order valence-electron chi connectivity index (χ4n) is 2.33. The molecule has 0 fully saturated rings. The summed E-state index contributed by atoms with van der Waals surface area (Å²) in [7, 11) is 1.52. The predicted octanol–water partition coefficient (Wildman–Crippen LogP) is 3.67. The highest BCUT2D eigenvalue weighted by atomic mass is 16.5. The van der Waals surface area contributed by atoms with E-state index in [0.29, 0.717) is 22.5 Å². The van der Waals surface area contributed by atoms with Crippen LogP contribution in [0.1, 0.15) is 21.7 Å². The second kappa shape index (κ2) is 6.42. The van der Waals surface area contributed by atoms with E-state index in [1.54, 1.807) is 42.5 Å². The lowest BCUT2D eigenvalue weighted by molar-refractivity contribution is 0.0697. The van der Waals surface area contributed by atoms with Crippen molar-refractivity contribution in [3.8, 4) is 5.75 Å². The maximum absolute atomic E-state index is 12.2. The first kappa shape index (κ1) is 15.6. The van der Waals surface area contributed by atoms with Gasteiger partial charge in [-0.1, -0.05) is 24.3 Å². The molecule has 0 unspecified atom stereocenters. The normalized spacial score (nSPS) is 11.0. The van der Waals surface area contributed by atoms with Gasteiger partial charge in [0.1, 0.15) is 5.76 Å². The standard InChI is InChI=1S/C19H14O5/c1-23-17-4-2-3-15-16(20)11-14(24-18(15)17)10-7-12-5-8-13(9-6-12)19(21)22/h2-11H,1H3,(H,21,22). The van der Waals surface area contributed by atoms with Gasteiger partial charge in [0.05, 0.1) is 18.1 Å². The van der Waals surface area contributed by atoms with Crippen molar-refractivity contribution < 1.29 is 19.1 Å². The molecular formula is C19H14O5. The van der Waals surface area contributed by atoms with E-state index < -0.39 is 5.97 Å². The summed E-state index contributed by atoms with van der Waals surface area (Å²) in [6, 6.07) is 12.9. The number of fused-ring (bicyclic) bond motifs is 1. The van der Waals surface area contributed by atoms with Crippen molar-refractivity contribution in [3.05, 3.63) is 75.6 Å². The summed E-state index contributed by atoms with van der Waals surface area (Å²) in [6.07, 6.45) is 3.40. The Morgan fingerprint density at radius 3 is 2.54 bits per heavy atom. The molecule has 0 aliphatic heterocycles. The quantitative estimate of drug-likeness (QED) is 0.793. The number of carbonyl (C=O) groups is 1. The first-order chi connectivity index (χ1) is 11.6. The lowest BCUT2D eigenvalue weighted by Gasteiger charge is -2.04. The van der Waals surface area contributed by atoms with Crippen LogP contribution in [0, 0.1) is 0 Å². The number of benzene rings is 2. The Morgan fingerprint density at radius 1 is 1.12 bits per heavy atom. The number of hydrogen-bond donors (Lipinski definition) is 1. The number of carboxylic acids is 1. The van der Waals surface area contributed by atoms with E-state index in [0.717, 1.165) is 5.56 Å². The molecule has 3 aromatic rings. The third-order valence-corrected chi connectivity index (χ3v) is 3.56. The number of aromatic carboxylic acids is 1.